The number of nitrogens with zero attached hydrogens (tertiary/aromatic N) is 4. The van der Waals surface area contributed by atoms with E-state index < -0.39 is 131 Å². The van der Waals surface area contributed by atoms with Crippen molar-refractivity contribution in [3.63, 3.8) is 0 Å². The van der Waals surface area contributed by atoms with Crippen LogP contribution >= 0.6 is 11.8 Å². The maximum absolute atomic E-state index is 14.1. The molecule has 1 saturated carbocycles. The molecule has 8 aliphatic rings. The van der Waals surface area contributed by atoms with Gasteiger partial charge in [0.2, 0.25) is 23.5 Å². The number of fused-ring (bicyclic) bond motifs is 6. The number of hydrogen-bond acceptors (Lipinski definition) is 21. The van der Waals surface area contributed by atoms with Crippen molar-refractivity contribution in [1.82, 2.24) is 19.8 Å². The third-order valence-electron chi connectivity index (χ3n) is 16.1. The van der Waals surface area contributed by atoms with E-state index in [0.29, 0.717) is 37.3 Å². The fourth-order valence-electron chi connectivity index (χ4n) is 12.2. The lowest BCUT2D eigenvalue weighted by Gasteiger charge is -2.45. The lowest BCUT2D eigenvalue weighted by Crippen LogP contribution is -2.62. The van der Waals surface area contributed by atoms with E-state index >= 15 is 0 Å². The standard InChI is InChI=1S/C51H58N4O19S/c1-23-46-28(17-37(71-23)72-30-20-51(68,32(57)22-56)19-27-39(30)45(65)41-40(43(27)63)42(62)26-5-4-6-29(69-2)38(26)44(41)64)52-14-15-53(48(70-3)49(52)73-46)33(58)13-16-75-31-18-36(61)54(47(31)66)21-24-7-9-25(10-8-24)50(67)74-55-34(59)11-12-35(55)60/h4-6,23-25,28,30-31,37,46,48-49,56,63,65,68H,7-22H2,1-3H3/t23-,24?,25?,28-,30-,31?,37-,46+,48+,49+,51-/m0/s1. The van der Waals surface area contributed by atoms with Crippen LogP contribution in [0.3, 0.4) is 0 Å². The number of piperazine rings is 1. The summed E-state index contributed by atoms with van der Waals surface area (Å²) < 4.78 is 30.7. The minimum atomic E-state index is -2.33. The fraction of sp³-hybridized carbons (Fsp3) is 0.588. The number of aliphatic hydroxyl groups excluding tert-OH is 1. The van der Waals surface area contributed by atoms with Gasteiger partial charge in [-0.15, -0.1) is 16.8 Å². The summed E-state index contributed by atoms with van der Waals surface area (Å²) >= 11 is 1.23. The van der Waals surface area contributed by atoms with E-state index in [4.69, 9.17) is 28.5 Å². The number of hydroxylamine groups is 2. The van der Waals surface area contributed by atoms with Gasteiger partial charge in [-0.1, -0.05) is 12.1 Å². The van der Waals surface area contributed by atoms with Crippen molar-refractivity contribution >= 4 is 64.6 Å². The van der Waals surface area contributed by atoms with E-state index in [1.165, 1.54) is 49.1 Å². The number of carbonyl (C=O) groups is 9. The fourth-order valence-corrected chi connectivity index (χ4v) is 13.3. The quantitative estimate of drug-likeness (QED) is 0.130. The van der Waals surface area contributed by atoms with Gasteiger partial charge >= 0.3 is 5.97 Å². The van der Waals surface area contributed by atoms with E-state index in [-0.39, 0.29) is 109 Å². The minimum absolute atomic E-state index is 0.000189. The Morgan fingerprint density at radius 3 is 2.31 bits per heavy atom. The highest BCUT2D eigenvalue weighted by Crippen LogP contribution is 2.53. The second kappa shape index (κ2) is 20.6. The first-order chi connectivity index (χ1) is 35.9. The number of carbonyl (C=O) groups excluding carboxylic acids is 9. The van der Waals surface area contributed by atoms with Gasteiger partial charge in [-0.2, -0.15) is 0 Å². The summed E-state index contributed by atoms with van der Waals surface area (Å²) in [6.07, 6.45) is -4.39. The number of Topliss-reactive ketones (excluding diaryl/α,β-unsaturated/α-hetero) is 1. The number of hydrogen-bond donors (Lipinski definition) is 4. The molecule has 6 fully saturated rings. The molecular formula is C51H58N4O19S. The van der Waals surface area contributed by atoms with Crippen LogP contribution in [-0.2, 0) is 63.8 Å². The average molecular weight is 1060 g/mol. The number of ether oxygens (including phenoxy) is 5. The summed E-state index contributed by atoms with van der Waals surface area (Å²) in [6.45, 7) is 1.47. The average Bonchev–Trinajstić information content (AvgIpc) is 4.02. The van der Waals surface area contributed by atoms with Crippen LogP contribution in [0.2, 0.25) is 0 Å². The summed E-state index contributed by atoms with van der Waals surface area (Å²) in [5, 5.41) is 45.3. The van der Waals surface area contributed by atoms with Crippen LogP contribution in [0.25, 0.3) is 0 Å². The van der Waals surface area contributed by atoms with Crippen LogP contribution in [0.5, 0.6) is 17.2 Å². The third kappa shape index (κ3) is 9.19. The van der Waals surface area contributed by atoms with Gasteiger partial charge in [-0.25, -0.2) is 4.79 Å². The number of ketones is 3. The molecule has 10 rings (SSSR count). The molecule has 23 nitrogen and oxygen atoms in total. The first kappa shape index (κ1) is 52.6. The van der Waals surface area contributed by atoms with Crippen molar-refractivity contribution in [2.24, 2.45) is 11.8 Å². The molecule has 5 aliphatic heterocycles. The van der Waals surface area contributed by atoms with Crippen LogP contribution in [-0.4, -0.2) is 187 Å². The summed E-state index contributed by atoms with van der Waals surface area (Å²) in [5.41, 5.74) is -3.90. The number of amides is 5. The van der Waals surface area contributed by atoms with Crippen molar-refractivity contribution in [3.8, 4) is 17.2 Å². The Kier molecular flexibility index (Phi) is 14.4. The van der Waals surface area contributed by atoms with E-state index in [0.717, 1.165) is 0 Å². The van der Waals surface area contributed by atoms with Gasteiger partial charge in [0.15, 0.2) is 30.3 Å². The van der Waals surface area contributed by atoms with Crippen molar-refractivity contribution < 1.29 is 92.1 Å². The number of phenols is 2. The molecule has 5 saturated heterocycles. The highest BCUT2D eigenvalue weighted by Gasteiger charge is 2.57. The smallest absolute Gasteiger partial charge is 0.336 e. The molecule has 402 valence electrons. The van der Waals surface area contributed by atoms with Crippen molar-refractivity contribution in [2.75, 3.05) is 46.2 Å². The lowest BCUT2D eigenvalue weighted by atomic mass is 9.72. The molecule has 0 aromatic heterocycles. The Balaban J connectivity index is 0.764. The van der Waals surface area contributed by atoms with Gasteiger partial charge in [0, 0.05) is 100 Å². The van der Waals surface area contributed by atoms with E-state index in [1.807, 2.05) is 4.90 Å². The number of methoxy groups -OCH3 is 2. The molecule has 75 heavy (non-hydrogen) atoms. The predicted octanol–water partition coefficient (Wildman–Crippen LogP) is 1.19. The SMILES string of the molecule is COc1cccc2c1C(=O)c1c(O)c3c(c(O)c1C2=O)C[C@@](O)(C(=O)CO)C[C@@H]3O[C@H]1C[C@H]2[C@H](O[C@@H]3[C@@H](OC)N(C(=O)CCSC4CC(=O)N(CC5CCC(C(=O)ON6C(=O)CCC6=O)CC5)C4=O)CCN32)[C@H](C)O1. The summed E-state index contributed by atoms with van der Waals surface area (Å²) in [7, 11) is 2.77. The number of aromatic hydroxyl groups is 2. The monoisotopic (exact) mass is 1060 g/mol. The van der Waals surface area contributed by atoms with Gasteiger partial charge in [0.1, 0.15) is 35.6 Å². The summed E-state index contributed by atoms with van der Waals surface area (Å²) in [5.74, 6) is -6.90. The van der Waals surface area contributed by atoms with Gasteiger partial charge in [0.25, 0.3) is 11.8 Å². The van der Waals surface area contributed by atoms with Gasteiger partial charge in [-0.05, 0) is 44.6 Å². The molecule has 0 radical (unpaired) electrons. The van der Waals surface area contributed by atoms with Gasteiger partial charge in [0.05, 0.1) is 47.2 Å². The largest absolute Gasteiger partial charge is 0.507 e. The van der Waals surface area contributed by atoms with Gasteiger partial charge < -0.3 is 53.8 Å². The van der Waals surface area contributed by atoms with Crippen molar-refractivity contribution in [3.05, 3.63) is 51.6 Å². The maximum Gasteiger partial charge on any atom is 0.336 e. The zero-order valence-electron chi connectivity index (χ0n) is 41.4. The molecule has 24 heteroatoms. The lowest BCUT2D eigenvalue weighted by molar-refractivity contribution is -0.248. The molecule has 9 atom stereocenters. The Hall–Kier alpha value is -5.86. The number of rotatable bonds is 14. The Morgan fingerprint density at radius 2 is 1.61 bits per heavy atom. The number of thioether (sulfide) groups is 1. The number of benzene rings is 2. The molecule has 4 N–H and O–H groups in total. The Morgan fingerprint density at radius 1 is 0.893 bits per heavy atom. The summed E-state index contributed by atoms with van der Waals surface area (Å²) in [4.78, 5) is 128. The Labute approximate surface area is 433 Å². The molecule has 5 amide bonds. The van der Waals surface area contributed by atoms with E-state index in [9.17, 15) is 63.6 Å². The first-order valence-electron chi connectivity index (χ1n) is 25.2. The minimum Gasteiger partial charge on any atom is -0.507 e. The highest BCUT2D eigenvalue weighted by molar-refractivity contribution is 8.00. The molecule has 3 aliphatic carbocycles. The van der Waals surface area contributed by atoms with Crippen LogP contribution in [0, 0.1) is 11.8 Å². The van der Waals surface area contributed by atoms with E-state index in [1.54, 1.807) is 11.8 Å². The second-order valence-electron chi connectivity index (χ2n) is 20.4. The molecule has 1 unspecified atom stereocenters. The predicted molar refractivity (Wildman–Crippen MR) is 254 cm³/mol. The Bertz CT molecular complexity index is 2750. The molecular weight excluding hydrogens is 1000 g/mol. The van der Waals surface area contributed by atoms with Crippen LogP contribution in [0.4, 0.5) is 0 Å². The van der Waals surface area contributed by atoms with Crippen molar-refractivity contribution in [1.29, 1.82) is 0 Å². The number of aliphatic hydroxyl groups is 2. The van der Waals surface area contributed by atoms with Crippen molar-refractivity contribution in [2.45, 2.75) is 132 Å². The molecule has 2 aromatic carbocycles. The topological polar surface area (TPSA) is 303 Å². The first-order valence-corrected chi connectivity index (χ1v) is 26.2. The number of likely N-dealkylation sites (tertiary alicyclic amines) is 1. The molecule has 0 bridgehead atoms. The third-order valence-corrected chi connectivity index (χ3v) is 17.3. The number of phenolic OH excluding ortho intramolecular Hbond substituents is 2. The zero-order chi connectivity index (χ0) is 53.4. The van der Waals surface area contributed by atoms with Gasteiger partial charge in [-0.3, -0.25) is 48.2 Å². The van der Waals surface area contributed by atoms with E-state index in [2.05, 4.69) is 0 Å². The van der Waals surface area contributed by atoms with Crippen LogP contribution in [0.15, 0.2) is 18.2 Å². The molecule has 0 spiro atoms. The molecule has 5 heterocycles. The number of imide groups is 2. The zero-order valence-corrected chi connectivity index (χ0v) is 42.2. The molecule has 2 aromatic rings. The second-order valence-corrected chi connectivity index (χ2v) is 21.7. The van der Waals surface area contributed by atoms with Crippen LogP contribution < -0.4 is 4.74 Å². The highest BCUT2D eigenvalue weighted by atomic mass is 32.2. The maximum atomic E-state index is 14.1. The summed E-state index contributed by atoms with van der Waals surface area (Å²) in [6, 6.07) is 3.96. The van der Waals surface area contributed by atoms with Crippen LogP contribution in [0.1, 0.15) is 120 Å². The normalized spacial score (nSPS) is 31.5.